The third-order valence-electron chi connectivity index (χ3n) is 4.93. The molecule has 0 aliphatic heterocycles. The number of carbonyl (C=O) groups is 2. The Morgan fingerprint density at radius 3 is 2.37 bits per heavy atom. The van der Waals surface area contributed by atoms with E-state index in [-0.39, 0.29) is 23.4 Å². The summed E-state index contributed by atoms with van der Waals surface area (Å²) < 4.78 is 4.71. The second-order valence-electron chi connectivity index (χ2n) is 8.26. The van der Waals surface area contributed by atoms with Gasteiger partial charge in [-0.25, -0.2) is 4.79 Å². The summed E-state index contributed by atoms with van der Waals surface area (Å²) in [7, 11) is 1.35. The number of nitrogens with one attached hydrogen (secondary N) is 3. The van der Waals surface area contributed by atoms with Crippen LogP contribution < -0.4 is 10.9 Å². The highest BCUT2D eigenvalue weighted by Gasteiger charge is 2.23. The van der Waals surface area contributed by atoms with Gasteiger partial charge in [0.15, 0.2) is 0 Å². The Labute approximate surface area is 174 Å². The van der Waals surface area contributed by atoms with Crippen molar-refractivity contribution < 1.29 is 14.3 Å². The van der Waals surface area contributed by atoms with E-state index in [1.807, 2.05) is 19.1 Å². The van der Waals surface area contributed by atoms with Crippen molar-refractivity contribution in [2.75, 3.05) is 12.4 Å². The summed E-state index contributed by atoms with van der Waals surface area (Å²) >= 11 is 0. The maximum absolute atomic E-state index is 12.7. The maximum Gasteiger partial charge on any atom is 0.337 e. The molecule has 3 rings (SSSR count). The molecule has 0 unspecified atom stereocenters. The highest BCUT2D eigenvalue weighted by Crippen LogP contribution is 2.21. The maximum atomic E-state index is 12.7. The summed E-state index contributed by atoms with van der Waals surface area (Å²) in [4.78, 5) is 46.6. The van der Waals surface area contributed by atoms with Crippen LogP contribution in [0.5, 0.6) is 0 Å². The monoisotopic (exact) mass is 410 g/mol. The molecule has 2 aromatic heterocycles. The Balaban J connectivity index is 1.83. The average Bonchev–Trinajstić information content (AvgIpc) is 3.00. The normalized spacial score (nSPS) is 11.5. The van der Waals surface area contributed by atoms with Crippen molar-refractivity contribution in [2.45, 2.75) is 40.5 Å². The van der Waals surface area contributed by atoms with Gasteiger partial charge in [0, 0.05) is 11.1 Å². The second-order valence-corrected chi connectivity index (χ2v) is 8.26. The van der Waals surface area contributed by atoms with E-state index in [4.69, 9.17) is 4.74 Å². The van der Waals surface area contributed by atoms with Crippen molar-refractivity contribution in [2.24, 2.45) is 5.41 Å². The number of hydrogen-bond acceptors (Lipinski definition) is 5. The Bertz CT molecular complexity index is 1150. The molecule has 0 radical (unpaired) electrons. The number of aromatic amines is 2. The van der Waals surface area contributed by atoms with Gasteiger partial charge in [-0.3, -0.25) is 19.9 Å². The van der Waals surface area contributed by atoms with Crippen molar-refractivity contribution in [1.82, 2.24) is 15.0 Å². The lowest BCUT2D eigenvalue weighted by atomic mass is 9.96. The van der Waals surface area contributed by atoms with Crippen LogP contribution >= 0.6 is 0 Å². The molecular weight excluding hydrogens is 384 g/mol. The summed E-state index contributed by atoms with van der Waals surface area (Å²) in [6.07, 6.45) is 1.32. The molecule has 0 aliphatic carbocycles. The molecule has 8 heteroatoms. The van der Waals surface area contributed by atoms with E-state index < -0.39 is 5.41 Å². The van der Waals surface area contributed by atoms with Gasteiger partial charge in [0.05, 0.1) is 18.1 Å². The molecule has 1 amide bonds. The second kappa shape index (κ2) is 8.14. The van der Waals surface area contributed by atoms with Crippen LogP contribution in [0.1, 0.15) is 48.0 Å². The van der Waals surface area contributed by atoms with Gasteiger partial charge in [-0.05, 0) is 43.0 Å². The summed E-state index contributed by atoms with van der Waals surface area (Å²) in [5.74, 6) is -0.483. The Morgan fingerprint density at radius 2 is 1.77 bits per heavy atom. The predicted molar refractivity (Wildman–Crippen MR) is 115 cm³/mol. The molecule has 30 heavy (non-hydrogen) atoms. The van der Waals surface area contributed by atoms with Gasteiger partial charge in [-0.15, -0.1) is 0 Å². The molecule has 158 valence electrons. The lowest BCUT2D eigenvalue weighted by Gasteiger charge is -2.16. The zero-order valence-corrected chi connectivity index (χ0v) is 17.8. The number of H-pyrrole nitrogens is 2. The third-order valence-corrected chi connectivity index (χ3v) is 4.93. The fourth-order valence-corrected chi connectivity index (χ4v) is 3.15. The number of methoxy groups -OCH3 is 1. The van der Waals surface area contributed by atoms with Crippen molar-refractivity contribution in [3.8, 4) is 0 Å². The molecule has 1 aromatic carbocycles. The van der Waals surface area contributed by atoms with Crippen LogP contribution in [0, 0.1) is 12.3 Å². The molecule has 0 saturated heterocycles. The molecule has 3 aromatic rings. The number of amides is 1. The minimum Gasteiger partial charge on any atom is -0.465 e. The number of ether oxygens (including phenoxy) is 1. The molecule has 0 atom stereocenters. The average molecular weight is 410 g/mol. The van der Waals surface area contributed by atoms with Crippen LogP contribution in [0.25, 0.3) is 11.0 Å². The van der Waals surface area contributed by atoms with E-state index in [9.17, 15) is 14.4 Å². The topological polar surface area (TPSA) is 117 Å². The SMILES string of the molecule is COC(=O)c1ccc(CCc2c(C)[nH]c3nc(NC(=O)C(C)(C)C)[nH]c(=O)c23)cc1. The molecule has 3 N–H and O–H groups in total. The number of anilines is 1. The summed E-state index contributed by atoms with van der Waals surface area (Å²) in [5, 5.41) is 3.15. The van der Waals surface area contributed by atoms with Gasteiger partial charge in [0.1, 0.15) is 5.65 Å². The minimum atomic E-state index is -0.603. The van der Waals surface area contributed by atoms with Crippen LogP contribution in [0.4, 0.5) is 5.95 Å². The number of carbonyl (C=O) groups excluding carboxylic acids is 2. The molecule has 0 bridgehead atoms. The van der Waals surface area contributed by atoms with E-state index in [0.29, 0.717) is 29.4 Å². The number of aromatic nitrogens is 3. The Kier molecular flexibility index (Phi) is 5.78. The Hall–Kier alpha value is -3.42. The molecule has 8 nitrogen and oxygen atoms in total. The number of fused-ring (bicyclic) bond motifs is 1. The number of hydrogen-bond donors (Lipinski definition) is 3. The molecule has 0 saturated carbocycles. The van der Waals surface area contributed by atoms with E-state index in [2.05, 4.69) is 20.3 Å². The first-order chi connectivity index (χ1) is 14.1. The number of rotatable bonds is 5. The molecule has 2 heterocycles. The zero-order chi connectivity index (χ0) is 22.1. The van der Waals surface area contributed by atoms with Crippen LogP contribution in [-0.4, -0.2) is 33.9 Å². The number of nitrogens with zero attached hydrogens (tertiary/aromatic N) is 1. The lowest BCUT2D eigenvalue weighted by Crippen LogP contribution is -2.29. The van der Waals surface area contributed by atoms with E-state index in [1.165, 1.54) is 7.11 Å². The largest absolute Gasteiger partial charge is 0.465 e. The summed E-state index contributed by atoms with van der Waals surface area (Å²) in [6.45, 7) is 7.25. The highest BCUT2D eigenvalue weighted by molar-refractivity contribution is 5.94. The van der Waals surface area contributed by atoms with E-state index >= 15 is 0 Å². The van der Waals surface area contributed by atoms with Crippen molar-refractivity contribution in [3.05, 3.63) is 57.0 Å². The van der Waals surface area contributed by atoms with Crippen molar-refractivity contribution in [3.63, 3.8) is 0 Å². The quantitative estimate of drug-likeness (QED) is 0.559. The van der Waals surface area contributed by atoms with Crippen LogP contribution in [0.3, 0.4) is 0 Å². The molecule has 0 fully saturated rings. The van der Waals surface area contributed by atoms with Gasteiger partial charge in [0.2, 0.25) is 11.9 Å². The summed E-state index contributed by atoms with van der Waals surface area (Å²) in [5.41, 5.74) is 2.80. The highest BCUT2D eigenvalue weighted by atomic mass is 16.5. The van der Waals surface area contributed by atoms with Crippen LogP contribution in [0.15, 0.2) is 29.1 Å². The zero-order valence-electron chi connectivity index (χ0n) is 17.8. The van der Waals surface area contributed by atoms with Gasteiger partial charge in [0.25, 0.3) is 5.56 Å². The standard InChI is InChI=1S/C22H26N4O4/c1-12-15(11-8-13-6-9-14(10-7-13)19(28)30-5)16-17(23-12)24-21(25-18(16)27)26-20(29)22(2,3)4/h6-7,9-10H,8,11H2,1-5H3,(H3,23,24,25,26,27,29). The number of esters is 1. The molecular formula is C22H26N4O4. The van der Waals surface area contributed by atoms with Crippen molar-refractivity contribution >= 4 is 28.9 Å². The van der Waals surface area contributed by atoms with E-state index in [0.717, 1.165) is 16.8 Å². The number of benzene rings is 1. The van der Waals surface area contributed by atoms with Crippen LogP contribution in [0.2, 0.25) is 0 Å². The fraction of sp³-hybridized carbons (Fsp3) is 0.364. The van der Waals surface area contributed by atoms with Gasteiger partial charge >= 0.3 is 5.97 Å². The number of aryl methyl sites for hydroxylation is 3. The smallest absolute Gasteiger partial charge is 0.337 e. The minimum absolute atomic E-state index is 0.124. The third kappa shape index (κ3) is 4.42. The lowest BCUT2D eigenvalue weighted by molar-refractivity contribution is -0.123. The molecule has 0 aliphatic rings. The first-order valence-electron chi connectivity index (χ1n) is 9.70. The first-order valence-corrected chi connectivity index (χ1v) is 9.70. The Morgan fingerprint density at radius 1 is 1.10 bits per heavy atom. The summed E-state index contributed by atoms with van der Waals surface area (Å²) in [6, 6.07) is 7.20. The van der Waals surface area contributed by atoms with Gasteiger partial charge in [-0.2, -0.15) is 4.98 Å². The fourth-order valence-electron chi connectivity index (χ4n) is 3.15. The van der Waals surface area contributed by atoms with Crippen molar-refractivity contribution in [1.29, 1.82) is 0 Å². The first kappa shape index (κ1) is 21.3. The van der Waals surface area contributed by atoms with Crippen LogP contribution in [-0.2, 0) is 22.4 Å². The molecule has 0 spiro atoms. The predicted octanol–water partition coefficient (Wildman–Crippen LogP) is 3.12. The van der Waals surface area contributed by atoms with E-state index in [1.54, 1.807) is 32.9 Å². The van der Waals surface area contributed by atoms with Gasteiger partial charge in [-0.1, -0.05) is 32.9 Å². The van der Waals surface area contributed by atoms with Gasteiger partial charge < -0.3 is 9.72 Å².